The maximum atomic E-state index is 12.8. The number of hydrogen-bond acceptors (Lipinski definition) is 5. The van der Waals surface area contributed by atoms with Crippen molar-refractivity contribution in [2.75, 3.05) is 7.11 Å². The van der Waals surface area contributed by atoms with E-state index in [1.807, 2.05) is 0 Å². The first-order chi connectivity index (χ1) is 6.88. The molecule has 0 heterocycles. The Balaban J connectivity index is 3.38. The monoisotopic (exact) mass is 235 g/mol. The minimum atomic E-state index is -4.04. The Morgan fingerprint density at radius 2 is 2.07 bits per heavy atom. The third-order valence-corrected chi connectivity index (χ3v) is 2.89. The molecule has 0 unspecified atom stereocenters. The molecular formula is C7H6FNO5S. The lowest BCUT2D eigenvalue weighted by molar-refractivity contribution is -0.387. The van der Waals surface area contributed by atoms with Crippen LogP contribution in [0.1, 0.15) is 0 Å². The number of nitrogens with zero attached hydrogens (tertiary/aromatic N) is 1. The second kappa shape index (κ2) is 3.91. The van der Waals surface area contributed by atoms with E-state index in [1.54, 1.807) is 0 Å². The fourth-order valence-electron chi connectivity index (χ4n) is 0.884. The van der Waals surface area contributed by atoms with Crippen LogP contribution >= 0.6 is 0 Å². The highest BCUT2D eigenvalue weighted by molar-refractivity contribution is 7.86. The molecule has 82 valence electrons. The highest BCUT2D eigenvalue weighted by Gasteiger charge is 2.20. The second-order valence-electron chi connectivity index (χ2n) is 2.49. The van der Waals surface area contributed by atoms with Crippen molar-refractivity contribution in [3.8, 4) is 0 Å². The van der Waals surface area contributed by atoms with Crippen LogP contribution in [0.15, 0.2) is 23.1 Å². The van der Waals surface area contributed by atoms with Gasteiger partial charge in [-0.25, -0.2) is 0 Å². The van der Waals surface area contributed by atoms with Crippen LogP contribution in [0.2, 0.25) is 0 Å². The van der Waals surface area contributed by atoms with Crippen LogP contribution in [0.3, 0.4) is 0 Å². The molecule has 0 fully saturated rings. The van der Waals surface area contributed by atoms with Crippen molar-refractivity contribution in [3.05, 3.63) is 34.1 Å². The molecule has 1 aromatic rings. The summed E-state index contributed by atoms with van der Waals surface area (Å²) in [7, 11) is -3.13. The number of halogens is 1. The van der Waals surface area contributed by atoms with Gasteiger partial charge < -0.3 is 0 Å². The summed E-state index contributed by atoms with van der Waals surface area (Å²) in [4.78, 5) is 8.85. The summed E-state index contributed by atoms with van der Waals surface area (Å²) in [6.45, 7) is 0. The van der Waals surface area contributed by atoms with Crippen LogP contribution in [0.4, 0.5) is 10.1 Å². The van der Waals surface area contributed by atoms with Crippen molar-refractivity contribution in [2.45, 2.75) is 4.90 Å². The molecule has 0 aliphatic rings. The summed E-state index contributed by atoms with van der Waals surface area (Å²) in [6, 6.07) is 2.19. The smallest absolute Gasteiger partial charge is 0.270 e. The molecule has 0 amide bonds. The maximum absolute atomic E-state index is 12.8. The molecule has 0 N–H and O–H groups in total. The van der Waals surface area contributed by atoms with E-state index in [2.05, 4.69) is 4.18 Å². The molecule has 0 radical (unpaired) electrons. The number of nitro benzene ring substituents is 1. The fraction of sp³-hybridized carbons (Fsp3) is 0.143. The van der Waals surface area contributed by atoms with Crippen molar-refractivity contribution in [2.24, 2.45) is 0 Å². The van der Waals surface area contributed by atoms with Gasteiger partial charge in [-0.3, -0.25) is 14.3 Å². The van der Waals surface area contributed by atoms with Crippen LogP contribution in [0.25, 0.3) is 0 Å². The first kappa shape index (κ1) is 11.5. The summed E-state index contributed by atoms with van der Waals surface area (Å²) < 4.78 is 39.2. The number of hydrogen-bond donors (Lipinski definition) is 0. The van der Waals surface area contributed by atoms with Gasteiger partial charge in [-0.2, -0.15) is 12.8 Å². The Bertz CT molecular complexity index is 498. The zero-order chi connectivity index (χ0) is 11.6. The average Bonchev–Trinajstić information content (AvgIpc) is 2.17. The van der Waals surface area contributed by atoms with E-state index in [9.17, 15) is 22.9 Å². The molecule has 0 aliphatic heterocycles. The van der Waals surface area contributed by atoms with Crippen molar-refractivity contribution in [1.82, 2.24) is 0 Å². The quantitative estimate of drug-likeness (QED) is 0.444. The lowest BCUT2D eigenvalue weighted by Crippen LogP contribution is -2.04. The third-order valence-electron chi connectivity index (χ3n) is 1.62. The molecule has 0 saturated heterocycles. The van der Waals surface area contributed by atoms with Gasteiger partial charge in [0.1, 0.15) is 4.90 Å². The third kappa shape index (κ3) is 2.28. The predicted octanol–water partition coefficient (Wildman–Crippen LogP) is 1.07. The normalized spacial score (nSPS) is 11.3. The van der Waals surface area contributed by atoms with E-state index in [4.69, 9.17) is 0 Å². The Hall–Kier alpha value is -1.54. The molecule has 0 bridgehead atoms. The second-order valence-corrected chi connectivity index (χ2v) is 4.20. The number of nitro groups is 1. The first-order valence-corrected chi connectivity index (χ1v) is 5.04. The highest BCUT2D eigenvalue weighted by atomic mass is 32.2. The van der Waals surface area contributed by atoms with E-state index in [0.717, 1.165) is 13.2 Å². The zero-order valence-electron chi connectivity index (χ0n) is 7.51. The molecule has 0 aromatic heterocycles. The van der Waals surface area contributed by atoms with Crippen LogP contribution in [0.5, 0.6) is 0 Å². The largest absolute Gasteiger partial charge is 0.306 e. The average molecular weight is 235 g/mol. The topological polar surface area (TPSA) is 86.5 Å². The molecule has 1 rings (SSSR count). The summed E-state index contributed by atoms with van der Waals surface area (Å²) >= 11 is 0. The highest BCUT2D eigenvalue weighted by Crippen LogP contribution is 2.22. The maximum Gasteiger partial charge on any atom is 0.306 e. The molecule has 1 aromatic carbocycles. The molecule has 0 saturated carbocycles. The van der Waals surface area contributed by atoms with E-state index in [1.165, 1.54) is 0 Å². The van der Waals surface area contributed by atoms with Crippen LogP contribution in [0, 0.1) is 15.9 Å². The Morgan fingerprint density at radius 3 is 2.53 bits per heavy atom. The van der Waals surface area contributed by atoms with Gasteiger partial charge in [-0.1, -0.05) is 0 Å². The van der Waals surface area contributed by atoms with E-state index < -0.39 is 31.4 Å². The van der Waals surface area contributed by atoms with Gasteiger partial charge in [-0.15, -0.1) is 0 Å². The Kier molecular flexibility index (Phi) is 3.01. The lowest BCUT2D eigenvalue weighted by atomic mass is 10.3. The van der Waals surface area contributed by atoms with Crippen LogP contribution in [-0.4, -0.2) is 20.5 Å². The Labute approximate surface area is 84.6 Å². The summed E-state index contributed by atoms with van der Waals surface area (Å²) in [5.74, 6) is -1.10. The van der Waals surface area contributed by atoms with Gasteiger partial charge in [0.2, 0.25) is 5.82 Å². The summed E-state index contributed by atoms with van der Waals surface area (Å²) in [5, 5.41) is 10.3. The van der Waals surface area contributed by atoms with Crippen molar-refractivity contribution >= 4 is 15.8 Å². The molecule has 8 heteroatoms. The molecule has 15 heavy (non-hydrogen) atoms. The van der Waals surface area contributed by atoms with Gasteiger partial charge in [0.25, 0.3) is 10.1 Å². The SMILES string of the molecule is COS(=O)(=O)c1ccc(F)c([N+](=O)[O-])c1. The van der Waals surface area contributed by atoms with Gasteiger partial charge in [0.15, 0.2) is 0 Å². The standard InChI is InChI=1S/C7H6FNO5S/c1-14-15(12,13)5-2-3-6(8)7(4-5)9(10)11/h2-4H,1H3. The predicted molar refractivity (Wildman–Crippen MR) is 47.2 cm³/mol. The number of rotatable bonds is 3. The molecule has 0 atom stereocenters. The van der Waals surface area contributed by atoms with E-state index >= 15 is 0 Å². The fourth-order valence-corrected chi connectivity index (χ4v) is 1.57. The molecule has 6 nitrogen and oxygen atoms in total. The minimum Gasteiger partial charge on any atom is -0.270 e. The van der Waals surface area contributed by atoms with Crippen molar-refractivity contribution < 1.29 is 21.9 Å². The lowest BCUT2D eigenvalue weighted by Gasteiger charge is -2.01. The van der Waals surface area contributed by atoms with E-state index in [-0.39, 0.29) is 0 Å². The van der Waals surface area contributed by atoms with E-state index in [0.29, 0.717) is 12.1 Å². The van der Waals surface area contributed by atoms with Crippen molar-refractivity contribution in [1.29, 1.82) is 0 Å². The summed E-state index contributed by atoms with van der Waals surface area (Å²) in [5.41, 5.74) is -0.909. The van der Waals surface area contributed by atoms with Gasteiger partial charge in [0.05, 0.1) is 12.0 Å². The van der Waals surface area contributed by atoms with Gasteiger partial charge >= 0.3 is 5.69 Å². The number of benzene rings is 1. The molecule has 0 spiro atoms. The minimum absolute atomic E-state index is 0.460. The first-order valence-electron chi connectivity index (χ1n) is 3.63. The molecular weight excluding hydrogens is 229 g/mol. The van der Waals surface area contributed by atoms with Gasteiger partial charge in [-0.05, 0) is 12.1 Å². The Morgan fingerprint density at radius 1 is 1.47 bits per heavy atom. The van der Waals surface area contributed by atoms with Gasteiger partial charge in [0, 0.05) is 6.07 Å². The van der Waals surface area contributed by atoms with Crippen LogP contribution < -0.4 is 0 Å². The van der Waals surface area contributed by atoms with Crippen LogP contribution in [-0.2, 0) is 14.3 Å². The summed E-state index contributed by atoms with van der Waals surface area (Å²) in [6.07, 6.45) is 0. The van der Waals surface area contributed by atoms with Crippen molar-refractivity contribution in [3.63, 3.8) is 0 Å². The molecule has 0 aliphatic carbocycles. The zero-order valence-corrected chi connectivity index (χ0v) is 8.32.